The average Bonchev–Trinajstić information content (AvgIpc) is 3.11. The Kier molecular flexibility index (Phi) is 4.71. The number of likely N-dealkylation sites (N-methyl/N-ethyl adjacent to an activating group) is 1. The van der Waals surface area contributed by atoms with Crippen molar-refractivity contribution in [1.82, 2.24) is 4.90 Å². The number of hydrogen-bond acceptors (Lipinski definition) is 5. The van der Waals surface area contributed by atoms with Crippen LogP contribution in [0.3, 0.4) is 0 Å². The molecule has 2 aromatic rings. The van der Waals surface area contributed by atoms with E-state index in [1.807, 2.05) is 36.4 Å². The Labute approximate surface area is 147 Å². The first-order valence-corrected chi connectivity index (χ1v) is 8.23. The molecule has 1 aliphatic rings. The second-order valence-electron chi connectivity index (χ2n) is 5.00. The minimum Gasteiger partial charge on any atom is -0.456 e. The molecule has 1 amide bonds. The molecule has 1 saturated heterocycles. The van der Waals surface area contributed by atoms with Crippen LogP contribution in [0.15, 0.2) is 50.8 Å². The molecular formula is C16H12N4O2S2. The topological polar surface area (TPSA) is 82.2 Å². The summed E-state index contributed by atoms with van der Waals surface area (Å²) in [6.07, 6.45) is 1.65. The molecule has 0 unspecified atom stereocenters. The van der Waals surface area contributed by atoms with Gasteiger partial charge in [-0.25, -0.2) is 0 Å². The summed E-state index contributed by atoms with van der Waals surface area (Å²) in [7, 11) is 1.64. The zero-order valence-electron chi connectivity index (χ0n) is 12.7. The van der Waals surface area contributed by atoms with Crippen LogP contribution in [-0.2, 0) is 11.3 Å². The second-order valence-corrected chi connectivity index (χ2v) is 6.67. The van der Waals surface area contributed by atoms with Gasteiger partial charge in [0.25, 0.3) is 5.91 Å². The average molecular weight is 356 g/mol. The highest BCUT2D eigenvalue weighted by molar-refractivity contribution is 8.26. The third kappa shape index (κ3) is 3.21. The quantitative estimate of drug-likeness (QED) is 0.264. The highest BCUT2D eigenvalue weighted by atomic mass is 32.2. The lowest BCUT2D eigenvalue weighted by Crippen LogP contribution is -2.22. The molecule has 1 aromatic heterocycles. The maximum absolute atomic E-state index is 12.1. The summed E-state index contributed by atoms with van der Waals surface area (Å²) < 4.78 is 6.39. The van der Waals surface area contributed by atoms with Crippen LogP contribution in [0.4, 0.5) is 0 Å². The van der Waals surface area contributed by atoms with Crippen molar-refractivity contribution < 1.29 is 9.21 Å². The Morgan fingerprint density at radius 2 is 2.17 bits per heavy atom. The molecule has 1 fully saturated rings. The molecule has 0 saturated carbocycles. The number of carbonyl (C=O) groups excluding carboxylic acids is 1. The molecule has 0 aliphatic carbocycles. The standard InChI is InChI=1S/C16H12N4O2S2/c1-20-15(21)14(24-16(20)23)8-13-11(9-18-19-17)7-12(22-13)10-5-3-2-4-6-10/h2-8H,9H2,1H3/b14-8-. The summed E-state index contributed by atoms with van der Waals surface area (Å²) in [5, 5.41) is 3.60. The van der Waals surface area contributed by atoms with Crippen molar-refractivity contribution >= 4 is 40.3 Å². The Balaban J connectivity index is 2.03. The summed E-state index contributed by atoms with van der Waals surface area (Å²) in [6.45, 7) is 0.144. The van der Waals surface area contributed by atoms with Crippen molar-refractivity contribution in [3.8, 4) is 11.3 Å². The van der Waals surface area contributed by atoms with Crippen LogP contribution in [0.5, 0.6) is 0 Å². The predicted octanol–water partition coefficient (Wildman–Crippen LogP) is 4.59. The molecule has 0 atom stereocenters. The van der Waals surface area contributed by atoms with E-state index >= 15 is 0 Å². The molecular weight excluding hydrogens is 344 g/mol. The highest BCUT2D eigenvalue weighted by Crippen LogP contribution is 2.34. The predicted molar refractivity (Wildman–Crippen MR) is 97.9 cm³/mol. The summed E-state index contributed by atoms with van der Waals surface area (Å²) in [5.41, 5.74) is 10.2. The van der Waals surface area contributed by atoms with Gasteiger partial charge in [-0.15, -0.1) is 0 Å². The largest absolute Gasteiger partial charge is 0.456 e. The van der Waals surface area contributed by atoms with Crippen molar-refractivity contribution in [1.29, 1.82) is 0 Å². The van der Waals surface area contributed by atoms with Gasteiger partial charge in [0.2, 0.25) is 0 Å². The van der Waals surface area contributed by atoms with Crippen LogP contribution < -0.4 is 0 Å². The van der Waals surface area contributed by atoms with Crippen LogP contribution >= 0.6 is 24.0 Å². The Bertz CT molecular complexity index is 883. The summed E-state index contributed by atoms with van der Waals surface area (Å²) in [4.78, 5) is 16.8. The summed E-state index contributed by atoms with van der Waals surface area (Å²) in [5.74, 6) is 0.976. The van der Waals surface area contributed by atoms with Crippen LogP contribution in [0.1, 0.15) is 11.3 Å². The van der Waals surface area contributed by atoms with Gasteiger partial charge in [-0.1, -0.05) is 59.4 Å². The van der Waals surface area contributed by atoms with Gasteiger partial charge in [0, 0.05) is 29.2 Å². The molecule has 120 valence electrons. The number of carbonyl (C=O) groups is 1. The van der Waals surface area contributed by atoms with E-state index in [2.05, 4.69) is 10.0 Å². The normalized spacial score (nSPS) is 15.9. The number of furan rings is 1. The van der Waals surface area contributed by atoms with E-state index in [9.17, 15) is 4.79 Å². The number of amides is 1. The lowest BCUT2D eigenvalue weighted by atomic mass is 10.1. The van der Waals surface area contributed by atoms with E-state index in [1.54, 1.807) is 13.1 Å². The van der Waals surface area contributed by atoms with Crippen molar-refractivity contribution in [3.05, 3.63) is 63.1 Å². The maximum atomic E-state index is 12.1. The SMILES string of the molecule is CN1C(=O)/C(=C/c2oc(-c3ccccc3)cc2CN=[N+]=[N-])SC1=S. The molecule has 1 aromatic carbocycles. The monoisotopic (exact) mass is 356 g/mol. The third-order valence-electron chi connectivity index (χ3n) is 3.45. The van der Waals surface area contributed by atoms with Crippen LogP contribution in [0.2, 0.25) is 0 Å². The first-order chi connectivity index (χ1) is 11.6. The molecule has 2 heterocycles. The summed E-state index contributed by atoms with van der Waals surface area (Å²) in [6, 6.07) is 11.4. The fraction of sp³-hybridized carbons (Fsp3) is 0.125. The number of benzene rings is 1. The summed E-state index contributed by atoms with van der Waals surface area (Å²) >= 11 is 6.35. The van der Waals surface area contributed by atoms with E-state index in [0.29, 0.717) is 26.3 Å². The first-order valence-electron chi connectivity index (χ1n) is 7.00. The van der Waals surface area contributed by atoms with Gasteiger partial charge in [-0.05, 0) is 11.6 Å². The van der Waals surface area contributed by atoms with Crippen LogP contribution in [-0.4, -0.2) is 22.2 Å². The van der Waals surface area contributed by atoms with E-state index < -0.39 is 0 Å². The number of azide groups is 1. The fourth-order valence-electron chi connectivity index (χ4n) is 2.21. The lowest BCUT2D eigenvalue weighted by molar-refractivity contribution is -0.121. The van der Waals surface area contributed by atoms with Crippen molar-refractivity contribution in [3.63, 3.8) is 0 Å². The number of nitrogens with zero attached hydrogens (tertiary/aromatic N) is 4. The zero-order chi connectivity index (χ0) is 17.1. The number of thioether (sulfide) groups is 1. The Hall–Kier alpha value is -2.54. The Morgan fingerprint density at radius 1 is 1.42 bits per heavy atom. The minimum atomic E-state index is -0.169. The molecule has 8 heteroatoms. The smallest absolute Gasteiger partial charge is 0.266 e. The van der Waals surface area contributed by atoms with Crippen LogP contribution in [0, 0.1) is 0 Å². The first kappa shape index (κ1) is 16.3. The maximum Gasteiger partial charge on any atom is 0.266 e. The zero-order valence-corrected chi connectivity index (χ0v) is 14.3. The lowest BCUT2D eigenvalue weighted by Gasteiger charge is -2.03. The molecule has 1 aliphatic heterocycles. The second kappa shape index (κ2) is 6.92. The van der Waals surface area contributed by atoms with E-state index in [-0.39, 0.29) is 12.5 Å². The van der Waals surface area contributed by atoms with Gasteiger partial charge in [0.05, 0.1) is 11.4 Å². The van der Waals surface area contributed by atoms with E-state index in [0.717, 1.165) is 5.56 Å². The molecule has 3 rings (SSSR count). The molecule has 0 bridgehead atoms. The van der Waals surface area contributed by atoms with E-state index in [1.165, 1.54) is 16.7 Å². The van der Waals surface area contributed by atoms with Gasteiger partial charge in [-0.3, -0.25) is 9.69 Å². The molecule has 24 heavy (non-hydrogen) atoms. The number of thiocarbonyl (C=S) groups is 1. The van der Waals surface area contributed by atoms with Gasteiger partial charge in [-0.2, -0.15) is 0 Å². The minimum absolute atomic E-state index is 0.144. The Morgan fingerprint density at radius 3 is 2.79 bits per heavy atom. The number of hydrogen-bond donors (Lipinski definition) is 0. The number of rotatable bonds is 4. The molecule has 0 N–H and O–H groups in total. The third-order valence-corrected chi connectivity index (χ3v) is 4.94. The van der Waals surface area contributed by atoms with Crippen molar-refractivity contribution in [2.45, 2.75) is 6.54 Å². The molecule has 6 nitrogen and oxygen atoms in total. The van der Waals surface area contributed by atoms with Gasteiger partial charge in [0.15, 0.2) is 0 Å². The fourth-order valence-corrected chi connectivity index (χ4v) is 3.36. The molecule has 0 spiro atoms. The van der Waals surface area contributed by atoms with Gasteiger partial charge in [0.1, 0.15) is 15.8 Å². The van der Waals surface area contributed by atoms with Crippen molar-refractivity contribution in [2.75, 3.05) is 7.05 Å². The van der Waals surface area contributed by atoms with Gasteiger partial charge < -0.3 is 4.42 Å². The highest BCUT2D eigenvalue weighted by Gasteiger charge is 2.29. The van der Waals surface area contributed by atoms with Crippen LogP contribution in [0.25, 0.3) is 27.8 Å². The molecule has 0 radical (unpaired) electrons. The van der Waals surface area contributed by atoms with Gasteiger partial charge >= 0.3 is 0 Å². The van der Waals surface area contributed by atoms with E-state index in [4.69, 9.17) is 22.2 Å². The van der Waals surface area contributed by atoms with Crippen molar-refractivity contribution in [2.24, 2.45) is 5.11 Å².